The minimum atomic E-state index is -0.282. The summed E-state index contributed by atoms with van der Waals surface area (Å²) in [6, 6.07) is 2.39. The van der Waals surface area contributed by atoms with Gasteiger partial charge in [0.25, 0.3) is 0 Å². The molecule has 0 unspecified atom stereocenters. The highest BCUT2D eigenvalue weighted by atomic mass is 32.1. The largest absolute Gasteiger partial charge is 0.465 e. The van der Waals surface area contributed by atoms with E-state index in [4.69, 9.17) is 0 Å². The van der Waals surface area contributed by atoms with Crippen LogP contribution in [0.1, 0.15) is 28.6 Å². The first-order chi connectivity index (χ1) is 7.28. The maximum Gasteiger partial charge on any atom is 0.348 e. The minimum Gasteiger partial charge on any atom is -0.465 e. The lowest BCUT2D eigenvalue weighted by Crippen LogP contribution is -1.97. The highest BCUT2D eigenvalue weighted by Crippen LogP contribution is 2.36. The normalized spacial score (nSPS) is 15.8. The second-order valence-electron chi connectivity index (χ2n) is 3.69. The Kier molecular flexibility index (Phi) is 1.82. The van der Waals surface area contributed by atoms with Crippen molar-refractivity contribution in [2.24, 2.45) is 0 Å². The maximum absolute atomic E-state index is 11.3. The van der Waals surface area contributed by atoms with Crippen molar-refractivity contribution in [3.05, 3.63) is 17.1 Å². The summed E-state index contributed by atoms with van der Waals surface area (Å²) >= 11 is 1.44. The highest BCUT2D eigenvalue weighted by molar-refractivity contribution is 7.20. The summed E-state index contributed by atoms with van der Waals surface area (Å²) in [4.78, 5) is 11.9. The van der Waals surface area contributed by atoms with E-state index in [1.807, 2.05) is 10.9 Å². The van der Waals surface area contributed by atoms with Gasteiger partial charge in [-0.05, 0) is 18.9 Å². The fraction of sp³-hybridized carbons (Fsp3) is 0.400. The Morgan fingerprint density at radius 2 is 2.47 bits per heavy atom. The van der Waals surface area contributed by atoms with Crippen LogP contribution >= 0.6 is 11.3 Å². The third-order valence-corrected chi connectivity index (χ3v) is 3.56. The standard InChI is InChI=1S/C10H10N2O2S/c1-14-10(13)8-4-7-9(15-8)5-12(11-7)6-2-3-6/h4-6H,2-3H2,1H3. The van der Waals surface area contributed by atoms with Gasteiger partial charge < -0.3 is 4.74 Å². The molecule has 1 aliphatic carbocycles. The summed E-state index contributed by atoms with van der Waals surface area (Å²) in [5.74, 6) is -0.282. The molecule has 4 nitrogen and oxygen atoms in total. The SMILES string of the molecule is COC(=O)c1cc2nn(C3CC3)cc2s1. The van der Waals surface area contributed by atoms with E-state index in [1.54, 1.807) is 6.07 Å². The molecule has 0 bridgehead atoms. The van der Waals surface area contributed by atoms with E-state index in [0.717, 1.165) is 10.2 Å². The monoisotopic (exact) mass is 222 g/mol. The molecule has 1 fully saturated rings. The molecular formula is C10H10N2O2S. The summed E-state index contributed by atoms with van der Waals surface area (Å²) in [7, 11) is 1.39. The van der Waals surface area contributed by atoms with Gasteiger partial charge in [-0.15, -0.1) is 11.3 Å². The van der Waals surface area contributed by atoms with Gasteiger partial charge in [-0.3, -0.25) is 4.68 Å². The molecule has 0 radical (unpaired) electrons. The number of fused-ring (bicyclic) bond motifs is 1. The number of nitrogens with zero attached hydrogens (tertiary/aromatic N) is 2. The smallest absolute Gasteiger partial charge is 0.348 e. The predicted molar refractivity (Wildman–Crippen MR) is 57.2 cm³/mol. The molecule has 2 aromatic rings. The Morgan fingerprint density at radius 1 is 1.67 bits per heavy atom. The van der Waals surface area contributed by atoms with Crippen LogP contribution in [0, 0.1) is 0 Å². The average molecular weight is 222 g/mol. The van der Waals surface area contributed by atoms with Gasteiger partial charge in [0, 0.05) is 6.20 Å². The van der Waals surface area contributed by atoms with E-state index in [-0.39, 0.29) is 5.97 Å². The Bertz CT molecular complexity index is 493. The first kappa shape index (κ1) is 8.91. The summed E-state index contributed by atoms with van der Waals surface area (Å²) in [6.45, 7) is 0. The molecule has 0 saturated heterocycles. The number of ether oxygens (including phenoxy) is 1. The lowest BCUT2D eigenvalue weighted by Gasteiger charge is -1.94. The van der Waals surface area contributed by atoms with E-state index in [0.29, 0.717) is 10.9 Å². The van der Waals surface area contributed by atoms with Crippen molar-refractivity contribution < 1.29 is 9.53 Å². The number of hydrogen-bond donors (Lipinski definition) is 0. The van der Waals surface area contributed by atoms with Crippen LogP contribution in [0.2, 0.25) is 0 Å². The Hall–Kier alpha value is -1.36. The van der Waals surface area contributed by atoms with Crippen LogP contribution in [0.5, 0.6) is 0 Å². The number of thiophene rings is 1. The van der Waals surface area contributed by atoms with Crippen LogP contribution < -0.4 is 0 Å². The van der Waals surface area contributed by atoms with E-state index >= 15 is 0 Å². The van der Waals surface area contributed by atoms with Crippen molar-refractivity contribution in [1.29, 1.82) is 0 Å². The molecule has 0 spiro atoms. The van der Waals surface area contributed by atoms with E-state index in [1.165, 1.54) is 31.3 Å². The lowest BCUT2D eigenvalue weighted by molar-refractivity contribution is 0.0606. The summed E-state index contributed by atoms with van der Waals surface area (Å²) in [6.07, 6.45) is 4.46. The van der Waals surface area contributed by atoms with Gasteiger partial charge in [0.05, 0.1) is 17.9 Å². The van der Waals surface area contributed by atoms with Gasteiger partial charge in [0.2, 0.25) is 0 Å². The molecular weight excluding hydrogens is 212 g/mol. The molecule has 5 heteroatoms. The topological polar surface area (TPSA) is 44.1 Å². The van der Waals surface area contributed by atoms with Gasteiger partial charge in [-0.1, -0.05) is 0 Å². The first-order valence-electron chi connectivity index (χ1n) is 4.85. The third-order valence-electron chi connectivity index (χ3n) is 2.52. The predicted octanol–water partition coefficient (Wildman–Crippen LogP) is 2.22. The van der Waals surface area contributed by atoms with E-state index in [9.17, 15) is 4.79 Å². The zero-order chi connectivity index (χ0) is 10.4. The lowest BCUT2D eigenvalue weighted by atomic mass is 10.4. The van der Waals surface area contributed by atoms with E-state index < -0.39 is 0 Å². The fourth-order valence-corrected chi connectivity index (χ4v) is 2.51. The van der Waals surface area contributed by atoms with Gasteiger partial charge in [-0.2, -0.15) is 5.10 Å². The number of methoxy groups -OCH3 is 1. The van der Waals surface area contributed by atoms with Crippen molar-refractivity contribution in [2.45, 2.75) is 18.9 Å². The average Bonchev–Trinajstić information content (AvgIpc) is 2.89. The maximum atomic E-state index is 11.3. The second kappa shape index (κ2) is 3.06. The van der Waals surface area contributed by atoms with Gasteiger partial charge in [0.15, 0.2) is 0 Å². The molecule has 1 aliphatic rings. The number of carbonyl (C=O) groups excluding carboxylic acids is 1. The molecule has 15 heavy (non-hydrogen) atoms. The van der Waals surface area contributed by atoms with Gasteiger partial charge in [-0.25, -0.2) is 4.79 Å². The molecule has 0 atom stereocenters. The molecule has 2 aromatic heterocycles. The Labute approximate surface area is 90.5 Å². The second-order valence-corrected chi connectivity index (χ2v) is 4.78. The Morgan fingerprint density at radius 3 is 3.07 bits per heavy atom. The number of carbonyl (C=O) groups is 1. The number of hydrogen-bond acceptors (Lipinski definition) is 4. The molecule has 2 heterocycles. The van der Waals surface area contributed by atoms with E-state index in [2.05, 4.69) is 9.84 Å². The van der Waals surface area contributed by atoms with Crippen molar-refractivity contribution in [3.8, 4) is 0 Å². The summed E-state index contributed by atoms with van der Waals surface area (Å²) in [5, 5.41) is 4.43. The first-order valence-corrected chi connectivity index (χ1v) is 5.66. The summed E-state index contributed by atoms with van der Waals surface area (Å²) in [5.41, 5.74) is 0.896. The molecule has 78 valence electrons. The van der Waals surface area contributed by atoms with Gasteiger partial charge >= 0.3 is 5.97 Å². The van der Waals surface area contributed by atoms with Crippen LogP contribution in [0.3, 0.4) is 0 Å². The number of esters is 1. The zero-order valence-electron chi connectivity index (χ0n) is 8.27. The van der Waals surface area contributed by atoms with Crippen LogP contribution in [0.25, 0.3) is 10.2 Å². The van der Waals surface area contributed by atoms with Crippen LogP contribution in [-0.4, -0.2) is 22.9 Å². The quantitative estimate of drug-likeness (QED) is 0.732. The minimum absolute atomic E-state index is 0.282. The van der Waals surface area contributed by atoms with Crippen LogP contribution in [0.4, 0.5) is 0 Å². The molecule has 0 aliphatic heterocycles. The fourth-order valence-electron chi connectivity index (χ4n) is 1.57. The molecule has 1 saturated carbocycles. The van der Waals surface area contributed by atoms with Crippen molar-refractivity contribution in [3.63, 3.8) is 0 Å². The van der Waals surface area contributed by atoms with Gasteiger partial charge in [0.1, 0.15) is 10.4 Å². The van der Waals surface area contributed by atoms with Crippen molar-refractivity contribution in [1.82, 2.24) is 9.78 Å². The van der Waals surface area contributed by atoms with Crippen molar-refractivity contribution in [2.75, 3.05) is 7.11 Å². The zero-order valence-corrected chi connectivity index (χ0v) is 9.08. The third kappa shape index (κ3) is 1.43. The summed E-state index contributed by atoms with van der Waals surface area (Å²) < 4.78 is 7.72. The molecule has 0 amide bonds. The molecule has 0 aromatic carbocycles. The highest BCUT2D eigenvalue weighted by Gasteiger charge is 2.25. The van der Waals surface area contributed by atoms with Crippen molar-refractivity contribution >= 4 is 27.5 Å². The molecule has 0 N–H and O–H groups in total. The Balaban J connectivity index is 2.01. The van der Waals surface area contributed by atoms with Crippen LogP contribution in [-0.2, 0) is 4.74 Å². The number of rotatable bonds is 2. The number of aromatic nitrogens is 2. The molecule has 3 rings (SSSR count). The van der Waals surface area contributed by atoms with Crippen LogP contribution in [0.15, 0.2) is 12.3 Å².